The second kappa shape index (κ2) is 11.0. The summed E-state index contributed by atoms with van der Waals surface area (Å²) < 4.78 is 28.0. The van der Waals surface area contributed by atoms with Crippen LogP contribution in [-0.4, -0.2) is 41.0 Å². The molecule has 0 aliphatic rings. The van der Waals surface area contributed by atoms with Crippen LogP contribution in [0.15, 0.2) is 89.8 Å². The molecule has 0 aliphatic heterocycles. The standard InChI is InChI=1S/C26H31N3O3S/c1-21(2)22-14-16-24(17-15-22)29(33(31,32)25-12-8-5-9-13-25)20-26(30)27-18-19-28(3)23-10-6-4-7-11-23/h4-17,21H,18-20H2,1-3H3,(H,27,30). The van der Waals surface area contributed by atoms with Gasteiger partial charge in [-0.2, -0.15) is 0 Å². The fraction of sp³-hybridized carbons (Fsp3) is 0.269. The van der Waals surface area contributed by atoms with Gasteiger partial charge in [-0.15, -0.1) is 0 Å². The minimum absolute atomic E-state index is 0.148. The largest absolute Gasteiger partial charge is 0.373 e. The summed E-state index contributed by atoms with van der Waals surface area (Å²) in [4.78, 5) is 14.9. The van der Waals surface area contributed by atoms with Crippen molar-refractivity contribution in [1.82, 2.24) is 5.32 Å². The summed E-state index contributed by atoms with van der Waals surface area (Å²) >= 11 is 0. The van der Waals surface area contributed by atoms with Gasteiger partial charge in [0.25, 0.3) is 10.0 Å². The zero-order valence-corrected chi connectivity index (χ0v) is 20.1. The number of hydrogen-bond acceptors (Lipinski definition) is 4. The zero-order valence-electron chi connectivity index (χ0n) is 19.3. The first-order valence-electron chi connectivity index (χ1n) is 11.0. The first-order chi connectivity index (χ1) is 15.8. The Morgan fingerprint density at radius 2 is 1.42 bits per heavy atom. The van der Waals surface area contributed by atoms with E-state index in [9.17, 15) is 13.2 Å². The van der Waals surface area contributed by atoms with Gasteiger partial charge in [0.15, 0.2) is 0 Å². The van der Waals surface area contributed by atoms with Crippen molar-refractivity contribution in [3.05, 3.63) is 90.5 Å². The van der Waals surface area contributed by atoms with Crippen molar-refractivity contribution in [2.45, 2.75) is 24.7 Å². The lowest BCUT2D eigenvalue weighted by atomic mass is 10.0. The van der Waals surface area contributed by atoms with E-state index in [4.69, 9.17) is 0 Å². The van der Waals surface area contributed by atoms with Crippen molar-refractivity contribution in [3.8, 4) is 0 Å². The molecule has 0 spiro atoms. The smallest absolute Gasteiger partial charge is 0.264 e. The van der Waals surface area contributed by atoms with E-state index in [1.807, 2.05) is 54.4 Å². The normalized spacial score (nSPS) is 11.3. The molecule has 0 atom stereocenters. The van der Waals surface area contributed by atoms with E-state index < -0.39 is 10.0 Å². The molecule has 3 aromatic carbocycles. The SMILES string of the molecule is CC(C)c1ccc(N(CC(=O)NCCN(C)c2ccccc2)S(=O)(=O)c2ccccc2)cc1. The molecule has 0 unspecified atom stereocenters. The van der Waals surface area contributed by atoms with Crippen LogP contribution in [-0.2, 0) is 14.8 Å². The highest BCUT2D eigenvalue weighted by Crippen LogP contribution is 2.25. The van der Waals surface area contributed by atoms with E-state index in [0.717, 1.165) is 11.3 Å². The maximum Gasteiger partial charge on any atom is 0.264 e. The van der Waals surface area contributed by atoms with Crippen molar-refractivity contribution in [2.75, 3.05) is 35.9 Å². The topological polar surface area (TPSA) is 69.7 Å². The molecule has 7 heteroatoms. The second-order valence-electron chi connectivity index (χ2n) is 8.18. The van der Waals surface area contributed by atoms with E-state index in [2.05, 4.69) is 19.2 Å². The van der Waals surface area contributed by atoms with Gasteiger partial charge in [0.1, 0.15) is 6.54 Å². The molecule has 3 rings (SSSR count). The Balaban J connectivity index is 1.74. The summed E-state index contributed by atoms with van der Waals surface area (Å²) in [5.41, 5.74) is 2.61. The predicted molar refractivity (Wildman–Crippen MR) is 134 cm³/mol. The highest BCUT2D eigenvalue weighted by Gasteiger charge is 2.27. The first-order valence-corrected chi connectivity index (χ1v) is 12.4. The quantitative estimate of drug-likeness (QED) is 0.486. The van der Waals surface area contributed by atoms with E-state index in [1.165, 1.54) is 16.4 Å². The molecule has 3 aromatic rings. The number of likely N-dealkylation sites (N-methyl/N-ethyl adjacent to an activating group) is 1. The Bertz CT molecular complexity index is 1130. The number of nitrogens with one attached hydrogen (secondary N) is 1. The first kappa shape index (κ1) is 24.3. The average Bonchev–Trinajstić information content (AvgIpc) is 2.83. The minimum Gasteiger partial charge on any atom is -0.373 e. The zero-order chi connectivity index (χ0) is 23.8. The number of carbonyl (C=O) groups excluding carboxylic acids is 1. The summed E-state index contributed by atoms with van der Waals surface area (Å²) in [6, 6.07) is 25.4. The Kier molecular flexibility index (Phi) is 8.11. The molecule has 33 heavy (non-hydrogen) atoms. The molecule has 1 N–H and O–H groups in total. The van der Waals surface area contributed by atoms with Crippen LogP contribution in [0.3, 0.4) is 0 Å². The third-order valence-corrected chi connectivity index (χ3v) is 7.22. The van der Waals surface area contributed by atoms with Crippen LogP contribution in [0.5, 0.6) is 0 Å². The van der Waals surface area contributed by atoms with Crippen LogP contribution < -0.4 is 14.5 Å². The van der Waals surface area contributed by atoms with Gasteiger partial charge in [-0.1, -0.05) is 62.4 Å². The Labute approximate surface area is 196 Å². The van der Waals surface area contributed by atoms with Gasteiger partial charge in [-0.25, -0.2) is 8.42 Å². The van der Waals surface area contributed by atoms with E-state index in [0.29, 0.717) is 24.7 Å². The van der Waals surface area contributed by atoms with Gasteiger partial charge in [-0.3, -0.25) is 9.10 Å². The summed E-state index contributed by atoms with van der Waals surface area (Å²) in [5, 5.41) is 2.85. The minimum atomic E-state index is -3.90. The molecule has 0 aliphatic carbocycles. The molecular formula is C26H31N3O3S. The molecule has 0 fully saturated rings. The van der Waals surface area contributed by atoms with Crippen molar-refractivity contribution in [2.24, 2.45) is 0 Å². The maximum absolute atomic E-state index is 13.4. The monoisotopic (exact) mass is 465 g/mol. The van der Waals surface area contributed by atoms with E-state index >= 15 is 0 Å². The van der Waals surface area contributed by atoms with E-state index in [1.54, 1.807) is 30.3 Å². The highest BCUT2D eigenvalue weighted by atomic mass is 32.2. The summed E-state index contributed by atoms with van der Waals surface area (Å²) in [6.45, 7) is 4.86. The summed E-state index contributed by atoms with van der Waals surface area (Å²) in [6.07, 6.45) is 0. The number of rotatable bonds is 10. The van der Waals surface area contributed by atoms with Crippen LogP contribution in [0.1, 0.15) is 25.3 Å². The van der Waals surface area contributed by atoms with Gasteiger partial charge >= 0.3 is 0 Å². The molecule has 1 amide bonds. The Hall–Kier alpha value is -3.32. The van der Waals surface area contributed by atoms with Gasteiger partial charge in [0.2, 0.25) is 5.91 Å². The van der Waals surface area contributed by atoms with E-state index in [-0.39, 0.29) is 17.3 Å². The van der Waals surface area contributed by atoms with Crippen LogP contribution in [0.25, 0.3) is 0 Å². The Morgan fingerprint density at radius 3 is 2.00 bits per heavy atom. The van der Waals surface area contributed by atoms with Crippen LogP contribution in [0.4, 0.5) is 11.4 Å². The van der Waals surface area contributed by atoms with Crippen LogP contribution >= 0.6 is 0 Å². The lowest BCUT2D eigenvalue weighted by Gasteiger charge is -2.25. The number of amides is 1. The number of benzene rings is 3. The molecule has 0 aromatic heterocycles. The third-order valence-electron chi connectivity index (χ3n) is 5.43. The lowest BCUT2D eigenvalue weighted by molar-refractivity contribution is -0.119. The molecule has 174 valence electrons. The fourth-order valence-corrected chi connectivity index (χ4v) is 4.86. The fourth-order valence-electron chi connectivity index (χ4n) is 3.42. The van der Waals surface area contributed by atoms with Gasteiger partial charge in [-0.05, 0) is 47.9 Å². The average molecular weight is 466 g/mol. The van der Waals surface area contributed by atoms with Crippen molar-refractivity contribution in [1.29, 1.82) is 0 Å². The number of para-hydroxylation sites is 1. The maximum atomic E-state index is 13.4. The molecule has 0 saturated heterocycles. The van der Waals surface area contributed by atoms with Gasteiger partial charge in [0, 0.05) is 25.8 Å². The number of nitrogens with zero attached hydrogens (tertiary/aromatic N) is 2. The number of sulfonamides is 1. The van der Waals surface area contributed by atoms with Gasteiger partial charge in [0.05, 0.1) is 10.6 Å². The summed E-state index contributed by atoms with van der Waals surface area (Å²) in [7, 11) is -1.96. The molecular weight excluding hydrogens is 434 g/mol. The number of hydrogen-bond donors (Lipinski definition) is 1. The molecule has 0 heterocycles. The van der Waals surface area contributed by atoms with Crippen molar-refractivity contribution in [3.63, 3.8) is 0 Å². The third kappa shape index (κ3) is 6.35. The number of anilines is 2. The Morgan fingerprint density at radius 1 is 0.848 bits per heavy atom. The molecule has 0 bridgehead atoms. The predicted octanol–water partition coefficient (Wildman–Crippen LogP) is 4.26. The van der Waals surface area contributed by atoms with Gasteiger partial charge < -0.3 is 10.2 Å². The van der Waals surface area contributed by atoms with Crippen molar-refractivity contribution >= 4 is 27.3 Å². The molecule has 6 nitrogen and oxygen atoms in total. The second-order valence-corrected chi connectivity index (χ2v) is 10.0. The molecule has 0 radical (unpaired) electrons. The highest BCUT2D eigenvalue weighted by molar-refractivity contribution is 7.92. The summed E-state index contributed by atoms with van der Waals surface area (Å²) in [5.74, 6) is -0.0352. The van der Waals surface area contributed by atoms with Crippen LogP contribution in [0.2, 0.25) is 0 Å². The van der Waals surface area contributed by atoms with Crippen LogP contribution in [0, 0.1) is 0 Å². The molecule has 0 saturated carbocycles. The van der Waals surface area contributed by atoms with Crippen molar-refractivity contribution < 1.29 is 13.2 Å². The lowest BCUT2D eigenvalue weighted by Crippen LogP contribution is -2.42. The number of carbonyl (C=O) groups is 1.